The number of hydrogen-bond donors (Lipinski definition) is 3. The van der Waals surface area contributed by atoms with Crippen LogP contribution in [0.5, 0.6) is 0 Å². The van der Waals surface area contributed by atoms with Gasteiger partial charge in [0.25, 0.3) is 0 Å². The van der Waals surface area contributed by atoms with Crippen molar-refractivity contribution in [2.75, 3.05) is 31.5 Å². The summed E-state index contributed by atoms with van der Waals surface area (Å²) in [6.07, 6.45) is 0. The molecule has 0 radical (unpaired) electrons. The van der Waals surface area contributed by atoms with E-state index in [4.69, 9.17) is 16.7 Å². The molecule has 1 aliphatic heterocycles. The van der Waals surface area contributed by atoms with Gasteiger partial charge < -0.3 is 20.6 Å². The molecule has 102 valence electrons. The lowest BCUT2D eigenvalue weighted by Crippen LogP contribution is -2.48. The van der Waals surface area contributed by atoms with Gasteiger partial charge in [0.2, 0.25) is 0 Å². The molecule has 0 bridgehead atoms. The quantitative estimate of drug-likeness (QED) is 0.768. The number of nitrogens with zero attached hydrogens (tertiary/aromatic N) is 1. The van der Waals surface area contributed by atoms with Crippen LogP contribution in [0.15, 0.2) is 18.2 Å². The van der Waals surface area contributed by atoms with Crippen LogP contribution in [0.4, 0.5) is 10.5 Å². The number of carboxylic acid groups (broad SMARTS) is 1. The normalized spacial score (nSPS) is 15.1. The first-order valence-electron chi connectivity index (χ1n) is 5.87. The first kappa shape index (κ1) is 13.6. The predicted molar refractivity (Wildman–Crippen MR) is 71.9 cm³/mol. The average molecular weight is 284 g/mol. The maximum absolute atomic E-state index is 12.0. The topological polar surface area (TPSA) is 81.7 Å². The Morgan fingerprint density at radius 2 is 2.00 bits per heavy atom. The van der Waals surface area contributed by atoms with Crippen LogP contribution < -0.4 is 10.6 Å². The zero-order valence-corrected chi connectivity index (χ0v) is 10.9. The van der Waals surface area contributed by atoms with Crippen molar-refractivity contribution < 1.29 is 14.7 Å². The van der Waals surface area contributed by atoms with Crippen LogP contribution in [0.2, 0.25) is 5.02 Å². The Kier molecular flexibility index (Phi) is 4.24. The van der Waals surface area contributed by atoms with Crippen molar-refractivity contribution in [3.63, 3.8) is 0 Å². The highest BCUT2D eigenvalue weighted by Crippen LogP contribution is 2.21. The van der Waals surface area contributed by atoms with Gasteiger partial charge >= 0.3 is 12.0 Å². The van der Waals surface area contributed by atoms with Crippen LogP contribution in [0, 0.1) is 0 Å². The van der Waals surface area contributed by atoms with Crippen LogP contribution >= 0.6 is 11.6 Å². The number of aromatic carboxylic acids is 1. The minimum Gasteiger partial charge on any atom is -0.478 e. The summed E-state index contributed by atoms with van der Waals surface area (Å²) in [6, 6.07) is 4.05. The van der Waals surface area contributed by atoms with E-state index in [9.17, 15) is 9.59 Å². The lowest BCUT2D eigenvalue weighted by molar-refractivity contribution is 0.0698. The van der Waals surface area contributed by atoms with Crippen LogP contribution in [-0.2, 0) is 0 Å². The number of rotatable bonds is 2. The summed E-state index contributed by atoms with van der Waals surface area (Å²) in [4.78, 5) is 24.7. The van der Waals surface area contributed by atoms with E-state index >= 15 is 0 Å². The van der Waals surface area contributed by atoms with Crippen LogP contribution in [0.1, 0.15) is 10.4 Å². The molecule has 2 amide bonds. The minimum atomic E-state index is -1.13. The van der Waals surface area contributed by atoms with Gasteiger partial charge in [-0.1, -0.05) is 11.6 Å². The van der Waals surface area contributed by atoms with E-state index < -0.39 is 5.97 Å². The first-order chi connectivity index (χ1) is 9.08. The third-order valence-electron chi connectivity index (χ3n) is 2.86. The lowest BCUT2D eigenvalue weighted by atomic mass is 10.2. The number of urea groups is 1. The smallest absolute Gasteiger partial charge is 0.337 e. The molecule has 2 rings (SSSR count). The molecule has 0 spiro atoms. The van der Waals surface area contributed by atoms with Gasteiger partial charge in [0, 0.05) is 31.2 Å². The van der Waals surface area contributed by atoms with Gasteiger partial charge in [-0.2, -0.15) is 0 Å². The molecular weight excluding hydrogens is 270 g/mol. The molecule has 3 N–H and O–H groups in total. The molecule has 1 heterocycles. The van der Waals surface area contributed by atoms with Crippen molar-refractivity contribution in [1.29, 1.82) is 0 Å². The van der Waals surface area contributed by atoms with Gasteiger partial charge in [-0.25, -0.2) is 9.59 Å². The SMILES string of the molecule is O=C(O)c1cc(Cl)ccc1NC(=O)N1CCNCC1. The fraction of sp³-hybridized carbons (Fsp3) is 0.333. The van der Waals surface area contributed by atoms with Gasteiger partial charge in [0.05, 0.1) is 11.3 Å². The van der Waals surface area contributed by atoms with E-state index in [1.807, 2.05) is 0 Å². The molecule has 1 saturated heterocycles. The number of piperazine rings is 1. The number of halogens is 1. The second-order valence-corrected chi connectivity index (χ2v) is 4.60. The Balaban J connectivity index is 2.13. The van der Waals surface area contributed by atoms with Crippen LogP contribution in [-0.4, -0.2) is 48.2 Å². The van der Waals surface area contributed by atoms with E-state index in [0.29, 0.717) is 18.1 Å². The molecule has 1 aromatic rings. The summed E-state index contributed by atoms with van der Waals surface area (Å²) in [7, 11) is 0. The number of anilines is 1. The highest BCUT2D eigenvalue weighted by molar-refractivity contribution is 6.31. The molecule has 0 saturated carbocycles. The van der Waals surface area contributed by atoms with Gasteiger partial charge in [-0.15, -0.1) is 0 Å². The molecule has 1 aliphatic rings. The molecule has 19 heavy (non-hydrogen) atoms. The number of nitrogens with one attached hydrogen (secondary N) is 2. The zero-order chi connectivity index (χ0) is 13.8. The van der Waals surface area contributed by atoms with E-state index in [2.05, 4.69) is 10.6 Å². The molecular formula is C12H14ClN3O3. The Labute approximate surface area is 115 Å². The molecule has 7 heteroatoms. The Bertz CT molecular complexity index is 501. The number of hydrogen-bond acceptors (Lipinski definition) is 3. The average Bonchev–Trinajstić information content (AvgIpc) is 2.41. The zero-order valence-electron chi connectivity index (χ0n) is 10.1. The van der Waals surface area contributed by atoms with Crippen LogP contribution in [0.25, 0.3) is 0 Å². The van der Waals surface area contributed by atoms with Crippen molar-refractivity contribution in [2.45, 2.75) is 0 Å². The monoisotopic (exact) mass is 283 g/mol. The number of carboxylic acids is 1. The third kappa shape index (κ3) is 3.36. The highest BCUT2D eigenvalue weighted by Gasteiger charge is 2.18. The Morgan fingerprint density at radius 3 is 2.63 bits per heavy atom. The second-order valence-electron chi connectivity index (χ2n) is 4.16. The molecule has 1 aromatic carbocycles. The molecule has 0 unspecified atom stereocenters. The summed E-state index contributed by atoms with van der Waals surface area (Å²) in [5.41, 5.74) is 0.233. The highest BCUT2D eigenvalue weighted by atomic mass is 35.5. The Hall–Kier alpha value is -1.79. The van der Waals surface area contributed by atoms with Crippen LogP contribution in [0.3, 0.4) is 0 Å². The van der Waals surface area contributed by atoms with Gasteiger partial charge in [-0.05, 0) is 18.2 Å². The van der Waals surface area contributed by atoms with Crippen molar-refractivity contribution >= 4 is 29.3 Å². The largest absolute Gasteiger partial charge is 0.478 e. The predicted octanol–water partition coefficient (Wildman–Crippen LogP) is 1.48. The first-order valence-corrected chi connectivity index (χ1v) is 6.25. The van der Waals surface area contributed by atoms with Gasteiger partial charge in [0.15, 0.2) is 0 Å². The Morgan fingerprint density at radius 1 is 1.32 bits per heavy atom. The molecule has 1 fully saturated rings. The molecule has 6 nitrogen and oxygen atoms in total. The number of carbonyl (C=O) groups is 2. The third-order valence-corrected chi connectivity index (χ3v) is 3.09. The summed E-state index contributed by atoms with van der Waals surface area (Å²) in [5, 5.41) is 15.1. The maximum Gasteiger partial charge on any atom is 0.337 e. The van der Waals surface area contributed by atoms with Gasteiger partial charge in [-0.3, -0.25) is 0 Å². The summed E-state index contributed by atoms with van der Waals surface area (Å²) in [6.45, 7) is 2.67. The van der Waals surface area contributed by atoms with Crippen molar-refractivity contribution in [3.05, 3.63) is 28.8 Å². The maximum atomic E-state index is 12.0. The fourth-order valence-corrected chi connectivity index (χ4v) is 2.04. The molecule has 0 atom stereocenters. The summed E-state index contributed by atoms with van der Waals surface area (Å²) in [5.74, 6) is -1.13. The standard InChI is InChI=1S/C12H14ClN3O3/c13-8-1-2-10(9(7-8)11(17)18)15-12(19)16-5-3-14-4-6-16/h1-2,7,14H,3-6H2,(H,15,19)(H,17,18). The second kappa shape index (κ2) is 5.90. The number of benzene rings is 1. The van der Waals surface area contributed by atoms with Crippen molar-refractivity contribution in [2.24, 2.45) is 0 Å². The summed E-state index contributed by atoms with van der Waals surface area (Å²) < 4.78 is 0. The van der Waals surface area contributed by atoms with E-state index in [0.717, 1.165) is 13.1 Å². The summed E-state index contributed by atoms with van der Waals surface area (Å²) >= 11 is 5.75. The lowest BCUT2D eigenvalue weighted by Gasteiger charge is -2.27. The van der Waals surface area contributed by atoms with E-state index in [-0.39, 0.29) is 17.3 Å². The van der Waals surface area contributed by atoms with Crippen molar-refractivity contribution in [3.8, 4) is 0 Å². The molecule has 0 aliphatic carbocycles. The minimum absolute atomic E-state index is 0.0176. The van der Waals surface area contributed by atoms with Crippen molar-refractivity contribution in [1.82, 2.24) is 10.2 Å². The number of carbonyl (C=O) groups excluding carboxylic acids is 1. The number of amides is 2. The van der Waals surface area contributed by atoms with Gasteiger partial charge in [0.1, 0.15) is 0 Å². The molecule has 0 aromatic heterocycles. The van der Waals surface area contributed by atoms with E-state index in [1.165, 1.54) is 12.1 Å². The fourth-order valence-electron chi connectivity index (χ4n) is 1.86. The van der Waals surface area contributed by atoms with E-state index in [1.54, 1.807) is 11.0 Å².